The first kappa shape index (κ1) is 8.04. The molecule has 2 nitrogen and oxygen atoms in total. The summed E-state index contributed by atoms with van der Waals surface area (Å²) in [5, 5.41) is 0. The molecule has 0 aromatic carbocycles. The van der Waals surface area contributed by atoms with Crippen LogP contribution in [-0.2, 0) is 19.4 Å². The van der Waals surface area contributed by atoms with E-state index in [-0.39, 0.29) is 0 Å². The van der Waals surface area contributed by atoms with E-state index in [1.807, 2.05) is 0 Å². The number of hydrogen-bond donors (Lipinski definition) is 0. The van der Waals surface area contributed by atoms with Gasteiger partial charge in [0.1, 0.15) is 5.82 Å². The highest BCUT2D eigenvalue weighted by Gasteiger charge is 2.17. The van der Waals surface area contributed by atoms with Crippen molar-refractivity contribution in [3.63, 3.8) is 0 Å². The van der Waals surface area contributed by atoms with Gasteiger partial charge in [0.15, 0.2) is 0 Å². The van der Waals surface area contributed by atoms with Crippen molar-refractivity contribution in [1.82, 2.24) is 9.55 Å². The van der Waals surface area contributed by atoms with Crippen LogP contribution in [0.4, 0.5) is 0 Å². The number of allylic oxidation sites excluding steroid dienone is 3. The van der Waals surface area contributed by atoms with Gasteiger partial charge in [0.05, 0.1) is 11.4 Å². The third kappa shape index (κ3) is 1.14. The molecule has 0 amide bonds. The molecule has 1 aromatic rings. The Morgan fingerprint density at radius 1 is 1.21 bits per heavy atom. The lowest BCUT2D eigenvalue weighted by molar-refractivity contribution is 0.520. The summed E-state index contributed by atoms with van der Waals surface area (Å²) in [5.41, 5.74) is 2.59. The summed E-state index contributed by atoms with van der Waals surface area (Å²) in [6.45, 7) is 1.15. The van der Waals surface area contributed by atoms with E-state index in [9.17, 15) is 0 Å². The van der Waals surface area contributed by atoms with Crippen molar-refractivity contribution >= 4 is 6.08 Å². The number of nitrogens with zero attached hydrogens (tertiary/aromatic N) is 2. The lowest BCUT2D eigenvalue weighted by atomic mass is 10.1. The molecule has 0 atom stereocenters. The lowest BCUT2D eigenvalue weighted by Crippen LogP contribution is -2.11. The number of hydrogen-bond acceptors (Lipinski definition) is 1. The highest BCUT2D eigenvalue weighted by atomic mass is 15.1. The highest BCUT2D eigenvalue weighted by molar-refractivity contribution is 5.53. The normalized spacial score (nSPS) is 18.9. The summed E-state index contributed by atoms with van der Waals surface area (Å²) in [5.74, 6) is 1.29. The fourth-order valence-electron chi connectivity index (χ4n) is 2.30. The van der Waals surface area contributed by atoms with Crippen LogP contribution in [0.3, 0.4) is 0 Å². The van der Waals surface area contributed by atoms with Crippen molar-refractivity contribution < 1.29 is 0 Å². The Kier molecular flexibility index (Phi) is 1.79. The summed E-state index contributed by atoms with van der Waals surface area (Å²) in [4.78, 5) is 4.71. The van der Waals surface area contributed by atoms with Gasteiger partial charge in [-0.1, -0.05) is 18.2 Å². The summed E-state index contributed by atoms with van der Waals surface area (Å²) in [6.07, 6.45) is 13.4. The molecule has 0 spiro atoms. The molecule has 0 saturated heterocycles. The van der Waals surface area contributed by atoms with Crippen LogP contribution in [0.5, 0.6) is 0 Å². The van der Waals surface area contributed by atoms with Crippen LogP contribution >= 0.6 is 0 Å². The average molecular weight is 186 g/mol. The lowest BCUT2D eigenvalue weighted by Gasteiger charge is -2.14. The van der Waals surface area contributed by atoms with Gasteiger partial charge >= 0.3 is 0 Å². The van der Waals surface area contributed by atoms with Crippen LogP contribution in [0.1, 0.15) is 30.1 Å². The Morgan fingerprint density at radius 2 is 2.21 bits per heavy atom. The van der Waals surface area contributed by atoms with Crippen LogP contribution in [0.15, 0.2) is 18.2 Å². The molecule has 0 saturated carbocycles. The van der Waals surface area contributed by atoms with E-state index in [0.717, 1.165) is 19.4 Å². The zero-order chi connectivity index (χ0) is 9.38. The first-order valence-electron chi connectivity index (χ1n) is 5.36. The van der Waals surface area contributed by atoms with E-state index in [2.05, 4.69) is 28.9 Å². The van der Waals surface area contributed by atoms with Crippen molar-refractivity contribution in [2.45, 2.75) is 32.2 Å². The van der Waals surface area contributed by atoms with E-state index in [1.54, 1.807) is 0 Å². The molecule has 0 unspecified atom stereocenters. The molecule has 1 aliphatic heterocycles. The van der Waals surface area contributed by atoms with Crippen LogP contribution in [0.2, 0.25) is 0 Å². The molecule has 2 aliphatic rings. The van der Waals surface area contributed by atoms with Gasteiger partial charge < -0.3 is 4.57 Å². The summed E-state index contributed by atoms with van der Waals surface area (Å²) < 4.78 is 2.39. The Bertz CT molecular complexity index is 410. The summed E-state index contributed by atoms with van der Waals surface area (Å²) in [7, 11) is 0. The van der Waals surface area contributed by atoms with E-state index in [1.165, 1.54) is 30.1 Å². The zero-order valence-electron chi connectivity index (χ0n) is 8.24. The smallest absolute Gasteiger partial charge is 0.109 e. The summed E-state index contributed by atoms with van der Waals surface area (Å²) in [6, 6.07) is 0. The Morgan fingerprint density at radius 3 is 3.21 bits per heavy atom. The molecular formula is C12H14N2. The molecule has 0 radical (unpaired) electrons. The molecule has 0 N–H and O–H groups in total. The molecule has 72 valence electrons. The van der Waals surface area contributed by atoms with E-state index < -0.39 is 0 Å². The standard InChI is InChI=1S/C12H14N2/c1-2-6-10-11(7-3-1)14-9-5-4-8-12(14)13-10/h1-3,7H,4-6,8-9H2. The van der Waals surface area contributed by atoms with E-state index >= 15 is 0 Å². The van der Waals surface area contributed by atoms with Gasteiger partial charge in [-0.25, -0.2) is 4.98 Å². The Balaban J connectivity index is 2.14. The highest BCUT2D eigenvalue weighted by Crippen LogP contribution is 2.22. The molecule has 0 fully saturated rings. The Hall–Kier alpha value is -1.31. The minimum Gasteiger partial charge on any atom is -0.328 e. The minimum atomic E-state index is 0.988. The molecular weight excluding hydrogens is 172 g/mol. The number of fused-ring (bicyclic) bond motifs is 3. The van der Waals surface area contributed by atoms with E-state index in [0.29, 0.717) is 0 Å². The third-order valence-corrected chi connectivity index (χ3v) is 3.01. The zero-order valence-corrected chi connectivity index (χ0v) is 8.24. The molecule has 3 rings (SSSR count). The van der Waals surface area contributed by atoms with Crippen molar-refractivity contribution in [1.29, 1.82) is 0 Å². The fraction of sp³-hybridized carbons (Fsp3) is 0.417. The van der Waals surface area contributed by atoms with Gasteiger partial charge in [-0.2, -0.15) is 0 Å². The van der Waals surface area contributed by atoms with Crippen molar-refractivity contribution in [3.8, 4) is 0 Å². The molecule has 2 heteroatoms. The van der Waals surface area contributed by atoms with Gasteiger partial charge in [-0.05, 0) is 18.9 Å². The monoisotopic (exact) mass is 186 g/mol. The third-order valence-electron chi connectivity index (χ3n) is 3.01. The van der Waals surface area contributed by atoms with Gasteiger partial charge in [0, 0.05) is 19.4 Å². The second-order valence-electron chi connectivity index (χ2n) is 3.96. The first-order valence-corrected chi connectivity index (χ1v) is 5.36. The molecule has 1 aliphatic carbocycles. The SMILES string of the molecule is C1=CCc2nc3n(c2C=C1)CCCC3. The minimum absolute atomic E-state index is 0.988. The number of imidazole rings is 1. The van der Waals surface area contributed by atoms with E-state index in [4.69, 9.17) is 4.98 Å². The fourth-order valence-corrected chi connectivity index (χ4v) is 2.30. The topological polar surface area (TPSA) is 17.8 Å². The quantitative estimate of drug-likeness (QED) is 0.608. The van der Waals surface area contributed by atoms with Gasteiger partial charge in [-0.3, -0.25) is 0 Å². The molecule has 2 heterocycles. The maximum Gasteiger partial charge on any atom is 0.109 e. The number of aromatic nitrogens is 2. The van der Waals surface area contributed by atoms with Crippen LogP contribution in [-0.4, -0.2) is 9.55 Å². The number of aryl methyl sites for hydroxylation is 1. The van der Waals surface area contributed by atoms with Gasteiger partial charge in [0.25, 0.3) is 0 Å². The predicted molar refractivity (Wildman–Crippen MR) is 57.0 cm³/mol. The Labute approximate surface area is 84.0 Å². The largest absolute Gasteiger partial charge is 0.328 e. The average Bonchev–Trinajstić information content (AvgIpc) is 2.42. The maximum atomic E-state index is 4.71. The molecule has 1 aromatic heterocycles. The second kappa shape index (κ2) is 3.12. The van der Waals surface area contributed by atoms with Crippen molar-refractivity contribution in [2.24, 2.45) is 0 Å². The summed E-state index contributed by atoms with van der Waals surface area (Å²) >= 11 is 0. The van der Waals surface area contributed by atoms with Gasteiger partial charge in [0.2, 0.25) is 0 Å². The molecule has 0 bridgehead atoms. The van der Waals surface area contributed by atoms with Crippen LogP contribution < -0.4 is 0 Å². The van der Waals surface area contributed by atoms with Crippen LogP contribution in [0, 0.1) is 0 Å². The number of rotatable bonds is 0. The molecule has 14 heavy (non-hydrogen) atoms. The van der Waals surface area contributed by atoms with Crippen molar-refractivity contribution in [2.75, 3.05) is 0 Å². The van der Waals surface area contributed by atoms with Crippen LogP contribution in [0.25, 0.3) is 6.08 Å². The van der Waals surface area contributed by atoms with Gasteiger partial charge in [-0.15, -0.1) is 0 Å². The first-order chi connectivity index (χ1) is 6.95. The maximum absolute atomic E-state index is 4.71. The second-order valence-corrected chi connectivity index (χ2v) is 3.96. The predicted octanol–water partition coefficient (Wildman–Crippen LogP) is 2.34. The van der Waals surface area contributed by atoms with Crippen molar-refractivity contribution in [3.05, 3.63) is 35.4 Å².